The van der Waals surface area contributed by atoms with Crippen LogP contribution in [0.3, 0.4) is 0 Å². The van der Waals surface area contributed by atoms with Crippen molar-refractivity contribution in [3.63, 3.8) is 0 Å². The number of ether oxygens (including phenoxy) is 7. The molecule has 11 nitrogen and oxygen atoms in total. The van der Waals surface area contributed by atoms with Crippen molar-refractivity contribution in [2.45, 2.75) is 77.2 Å². The maximum atomic E-state index is 12.1. The Hall–Kier alpha value is -2.89. The number of rotatable bonds is 8. The summed E-state index contributed by atoms with van der Waals surface area (Å²) in [5.74, 6) is -2.28. The molecule has 0 aromatic heterocycles. The van der Waals surface area contributed by atoms with Crippen LogP contribution in [0.4, 0.5) is 0 Å². The quantitative estimate of drug-likeness (QED) is 0.354. The van der Waals surface area contributed by atoms with Crippen LogP contribution in [0.1, 0.15) is 52.2 Å². The van der Waals surface area contributed by atoms with Crippen LogP contribution in [0, 0.1) is 0 Å². The third-order valence-corrected chi connectivity index (χ3v) is 6.05. The van der Waals surface area contributed by atoms with E-state index in [1.54, 1.807) is 18.2 Å². The van der Waals surface area contributed by atoms with Crippen LogP contribution in [0.2, 0.25) is 5.02 Å². The molecule has 204 valence electrons. The van der Waals surface area contributed by atoms with Crippen molar-refractivity contribution in [2.24, 2.45) is 0 Å². The topological polar surface area (TPSA) is 133 Å². The summed E-state index contributed by atoms with van der Waals surface area (Å²) in [4.78, 5) is 47.5. The highest BCUT2D eigenvalue weighted by Gasteiger charge is 2.52. The normalized spacial score (nSPS) is 26.0. The SMILES string of the molecule is CC(=O)OC[C@H]1O[C@@H](c2ccc(Cl)c(OC3CCOCC3)c2)[C@H](OC(C)=O)[C@@H](OC(C)=O)[C@@H]1OC(C)=O. The van der Waals surface area contributed by atoms with Crippen LogP contribution in [0.15, 0.2) is 18.2 Å². The fourth-order valence-electron chi connectivity index (χ4n) is 4.26. The molecule has 0 amide bonds. The van der Waals surface area contributed by atoms with Crippen molar-refractivity contribution in [1.82, 2.24) is 0 Å². The van der Waals surface area contributed by atoms with Crippen molar-refractivity contribution < 1.29 is 52.3 Å². The summed E-state index contributed by atoms with van der Waals surface area (Å²) in [6.45, 7) is 5.57. The van der Waals surface area contributed by atoms with Crippen LogP contribution in [0.5, 0.6) is 5.75 Å². The van der Waals surface area contributed by atoms with Crippen LogP contribution in [-0.4, -0.2) is 74.2 Å². The minimum atomic E-state index is -1.26. The van der Waals surface area contributed by atoms with Gasteiger partial charge in [-0.15, -0.1) is 0 Å². The van der Waals surface area contributed by atoms with Crippen molar-refractivity contribution >= 4 is 35.5 Å². The van der Waals surface area contributed by atoms with E-state index in [2.05, 4.69) is 0 Å². The lowest BCUT2D eigenvalue weighted by atomic mass is 9.90. The van der Waals surface area contributed by atoms with E-state index in [0.29, 0.717) is 42.4 Å². The molecular formula is C25H31ClO11. The molecule has 2 heterocycles. The Morgan fingerprint density at radius 1 is 0.865 bits per heavy atom. The molecule has 0 radical (unpaired) electrons. The third kappa shape index (κ3) is 8.05. The number of hydrogen-bond acceptors (Lipinski definition) is 11. The fourth-order valence-corrected chi connectivity index (χ4v) is 4.42. The summed E-state index contributed by atoms with van der Waals surface area (Å²) >= 11 is 6.40. The van der Waals surface area contributed by atoms with Gasteiger partial charge in [-0.2, -0.15) is 0 Å². The van der Waals surface area contributed by atoms with Gasteiger partial charge in [-0.25, -0.2) is 0 Å². The molecule has 0 aliphatic carbocycles. The Morgan fingerprint density at radius 2 is 1.46 bits per heavy atom. The molecule has 2 saturated heterocycles. The molecule has 2 fully saturated rings. The molecule has 1 aromatic rings. The van der Waals surface area contributed by atoms with Gasteiger partial charge in [-0.1, -0.05) is 17.7 Å². The van der Waals surface area contributed by atoms with E-state index in [0.717, 1.165) is 0 Å². The van der Waals surface area contributed by atoms with Gasteiger partial charge in [0, 0.05) is 40.5 Å². The van der Waals surface area contributed by atoms with E-state index in [1.807, 2.05) is 0 Å². The number of benzene rings is 1. The van der Waals surface area contributed by atoms with Gasteiger partial charge in [0.05, 0.1) is 18.2 Å². The van der Waals surface area contributed by atoms with Gasteiger partial charge >= 0.3 is 23.9 Å². The summed E-state index contributed by atoms with van der Waals surface area (Å²) in [6, 6.07) is 4.92. The molecule has 0 N–H and O–H groups in total. The molecule has 37 heavy (non-hydrogen) atoms. The zero-order valence-corrected chi connectivity index (χ0v) is 21.9. The fraction of sp³-hybridized carbons (Fsp3) is 0.600. The molecule has 0 spiro atoms. The molecule has 2 aliphatic heterocycles. The first-order valence-electron chi connectivity index (χ1n) is 11.9. The predicted octanol–water partition coefficient (Wildman–Crippen LogP) is 2.70. The average Bonchev–Trinajstić information content (AvgIpc) is 2.82. The summed E-state index contributed by atoms with van der Waals surface area (Å²) in [7, 11) is 0. The lowest BCUT2D eigenvalue weighted by molar-refractivity contribution is -0.254. The van der Waals surface area contributed by atoms with Gasteiger partial charge in [-0.3, -0.25) is 19.2 Å². The van der Waals surface area contributed by atoms with E-state index in [-0.39, 0.29) is 12.7 Å². The molecule has 1 aromatic carbocycles. The monoisotopic (exact) mass is 542 g/mol. The van der Waals surface area contributed by atoms with Gasteiger partial charge in [0.2, 0.25) is 0 Å². The first kappa shape index (κ1) is 28.7. The molecular weight excluding hydrogens is 512 g/mol. The Bertz CT molecular complexity index is 991. The number of carbonyl (C=O) groups is 4. The predicted molar refractivity (Wildman–Crippen MR) is 127 cm³/mol. The average molecular weight is 543 g/mol. The third-order valence-electron chi connectivity index (χ3n) is 5.74. The second kappa shape index (κ2) is 13.1. The lowest BCUT2D eigenvalue weighted by Gasteiger charge is -2.44. The Labute approximate surface area is 219 Å². The van der Waals surface area contributed by atoms with Gasteiger partial charge in [0.25, 0.3) is 0 Å². The van der Waals surface area contributed by atoms with Crippen LogP contribution >= 0.6 is 11.6 Å². The number of hydrogen-bond donors (Lipinski definition) is 0. The highest BCUT2D eigenvalue weighted by molar-refractivity contribution is 6.32. The molecule has 0 unspecified atom stereocenters. The first-order valence-corrected chi connectivity index (χ1v) is 12.3. The molecule has 2 aliphatic rings. The van der Waals surface area contributed by atoms with E-state index >= 15 is 0 Å². The number of halogens is 1. The maximum absolute atomic E-state index is 12.1. The van der Waals surface area contributed by atoms with Gasteiger partial charge in [-0.05, 0) is 17.7 Å². The van der Waals surface area contributed by atoms with Crippen LogP contribution in [-0.2, 0) is 47.6 Å². The van der Waals surface area contributed by atoms with E-state index in [9.17, 15) is 19.2 Å². The van der Waals surface area contributed by atoms with E-state index < -0.39 is 54.4 Å². The second-order valence-corrected chi connectivity index (χ2v) is 9.15. The van der Waals surface area contributed by atoms with E-state index in [1.165, 1.54) is 27.7 Å². The van der Waals surface area contributed by atoms with Gasteiger partial charge < -0.3 is 33.2 Å². The summed E-state index contributed by atoms with van der Waals surface area (Å²) in [6.07, 6.45) is -4.49. The van der Waals surface area contributed by atoms with Gasteiger partial charge in [0.15, 0.2) is 18.3 Å². The van der Waals surface area contributed by atoms with Crippen molar-refractivity contribution in [3.05, 3.63) is 28.8 Å². The summed E-state index contributed by atoms with van der Waals surface area (Å²) in [5, 5.41) is 0.362. The Morgan fingerprint density at radius 3 is 2.05 bits per heavy atom. The highest BCUT2D eigenvalue weighted by atomic mass is 35.5. The zero-order valence-electron chi connectivity index (χ0n) is 21.1. The molecule has 0 saturated carbocycles. The highest BCUT2D eigenvalue weighted by Crippen LogP contribution is 2.40. The lowest BCUT2D eigenvalue weighted by Crippen LogP contribution is -2.59. The number of carbonyl (C=O) groups excluding carboxylic acids is 4. The van der Waals surface area contributed by atoms with Gasteiger partial charge in [0.1, 0.15) is 30.7 Å². The zero-order chi connectivity index (χ0) is 27.1. The standard InChI is InChI=1S/C25H31ClO11/c1-13(27)32-12-21-23(33-14(2)28)25(35-16(4)30)24(34-15(3)29)22(37-21)17-5-6-19(26)20(11-17)36-18-7-9-31-10-8-18/h5-6,11,18,21-25H,7-10,12H2,1-4H3/t21-,22+,23-,24+,25+/m1/s1. The second-order valence-electron chi connectivity index (χ2n) is 8.74. The first-order chi connectivity index (χ1) is 17.5. The Balaban J connectivity index is 2.02. The maximum Gasteiger partial charge on any atom is 0.303 e. The number of esters is 4. The van der Waals surface area contributed by atoms with Crippen molar-refractivity contribution in [2.75, 3.05) is 19.8 Å². The van der Waals surface area contributed by atoms with Crippen LogP contribution in [0.25, 0.3) is 0 Å². The van der Waals surface area contributed by atoms with Crippen molar-refractivity contribution in [3.8, 4) is 5.75 Å². The van der Waals surface area contributed by atoms with Crippen molar-refractivity contribution in [1.29, 1.82) is 0 Å². The molecule has 3 rings (SSSR count). The van der Waals surface area contributed by atoms with E-state index in [4.69, 9.17) is 44.8 Å². The van der Waals surface area contributed by atoms with Crippen LogP contribution < -0.4 is 4.74 Å². The summed E-state index contributed by atoms with van der Waals surface area (Å²) < 4.78 is 39.3. The molecule has 12 heteroatoms. The largest absolute Gasteiger partial charge is 0.489 e. The molecule has 0 bridgehead atoms. The summed E-state index contributed by atoms with van der Waals surface area (Å²) in [5.41, 5.74) is 0.490. The Kier molecular flexibility index (Phi) is 10.1. The minimum absolute atomic E-state index is 0.100. The smallest absolute Gasteiger partial charge is 0.303 e. The minimum Gasteiger partial charge on any atom is -0.489 e. The molecule has 5 atom stereocenters.